The van der Waals surface area contributed by atoms with Gasteiger partial charge in [0.1, 0.15) is 0 Å². The summed E-state index contributed by atoms with van der Waals surface area (Å²) in [5.74, 6) is 1.75. The Morgan fingerprint density at radius 2 is 2.10 bits per heavy atom. The minimum absolute atomic E-state index is 0.0437. The second-order valence-electron chi connectivity index (χ2n) is 4.78. The lowest BCUT2D eigenvalue weighted by atomic mass is 10.0. The van der Waals surface area contributed by atoms with Crippen molar-refractivity contribution < 1.29 is 10.2 Å². The van der Waals surface area contributed by atoms with Gasteiger partial charge in [-0.05, 0) is 18.1 Å². The van der Waals surface area contributed by atoms with Crippen molar-refractivity contribution in [2.45, 2.75) is 37.3 Å². The summed E-state index contributed by atoms with van der Waals surface area (Å²) in [7, 11) is 0. The number of nitrogens with zero attached hydrogens (tertiary/aromatic N) is 2. The third-order valence-corrected chi connectivity index (χ3v) is 4.62. The second kappa shape index (κ2) is 7.11. The van der Waals surface area contributed by atoms with E-state index in [9.17, 15) is 0 Å². The summed E-state index contributed by atoms with van der Waals surface area (Å²) in [6.07, 6.45) is 1.04. The predicted octanol–water partition coefficient (Wildman–Crippen LogP) is 3.34. The fraction of sp³-hybridized carbons (Fsp3) is 0.429. The zero-order valence-electron chi connectivity index (χ0n) is 11.7. The van der Waals surface area contributed by atoms with Gasteiger partial charge in [-0.25, -0.2) is 0 Å². The largest absolute Gasteiger partial charge is 0.410 e. The molecule has 2 aromatic rings. The summed E-state index contributed by atoms with van der Waals surface area (Å²) in [4.78, 5) is 0. The van der Waals surface area contributed by atoms with E-state index in [1.165, 1.54) is 11.8 Å². The van der Waals surface area contributed by atoms with Crippen LogP contribution < -0.4 is 5.73 Å². The molecule has 0 fully saturated rings. The van der Waals surface area contributed by atoms with Gasteiger partial charge in [0.2, 0.25) is 0 Å². The molecule has 20 heavy (non-hydrogen) atoms. The molecule has 1 aromatic heterocycles. The standard InChI is InChI=1S/C14H18ClN3OS/c1-3-9(2)12(16)13-17-18-14(19-13)20-8-10-6-4-5-7-11(10)15/h4-7,9,12H,3,8,16H2,1-2H3/p+1/t9-,12+/m1/s1. The fourth-order valence-electron chi connectivity index (χ4n) is 1.71. The first-order valence-electron chi connectivity index (χ1n) is 6.64. The molecule has 0 amide bonds. The first kappa shape index (κ1) is 15.4. The monoisotopic (exact) mass is 312 g/mol. The number of hydrogen-bond acceptors (Lipinski definition) is 4. The highest BCUT2D eigenvalue weighted by Gasteiger charge is 2.23. The molecule has 4 nitrogen and oxygen atoms in total. The van der Waals surface area contributed by atoms with Crippen molar-refractivity contribution in [2.24, 2.45) is 5.92 Å². The number of rotatable bonds is 6. The summed E-state index contributed by atoms with van der Waals surface area (Å²) in [6.45, 7) is 4.27. The molecule has 0 spiro atoms. The highest BCUT2D eigenvalue weighted by atomic mass is 35.5. The van der Waals surface area contributed by atoms with Gasteiger partial charge in [-0.2, -0.15) is 0 Å². The molecule has 1 heterocycles. The SMILES string of the molecule is CC[C@@H](C)[C@H]([NH3+])c1nnc(SCc2ccccc2Cl)o1. The van der Waals surface area contributed by atoms with Crippen molar-refractivity contribution in [1.82, 2.24) is 10.2 Å². The van der Waals surface area contributed by atoms with E-state index in [0.717, 1.165) is 17.0 Å². The highest BCUT2D eigenvalue weighted by Crippen LogP contribution is 2.27. The van der Waals surface area contributed by atoms with E-state index in [1.807, 2.05) is 24.3 Å². The van der Waals surface area contributed by atoms with E-state index in [2.05, 4.69) is 29.8 Å². The molecule has 0 aliphatic rings. The number of benzene rings is 1. The lowest BCUT2D eigenvalue weighted by molar-refractivity contribution is -0.444. The van der Waals surface area contributed by atoms with Crippen molar-refractivity contribution >= 4 is 23.4 Å². The second-order valence-corrected chi connectivity index (χ2v) is 6.11. The Labute approximate surface area is 128 Å². The van der Waals surface area contributed by atoms with Gasteiger partial charge in [-0.1, -0.05) is 55.4 Å². The maximum Gasteiger partial charge on any atom is 0.277 e. The van der Waals surface area contributed by atoms with Gasteiger partial charge in [0.05, 0.1) is 0 Å². The fourth-order valence-corrected chi connectivity index (χ4v) is 2.77. The lowest BCUT2D eigenvalue weighted by Crippen LogP contribution is -2.56. The Bertz CT molecular complexity index is 561. The highest BCUT2D eigenvalue weighted by molar-refractivity contribution is 7.98. The molecule has 2 atom stereocenters. The Hall–Kier alpha value is -1.04. The molecule has 0 unspecified atom stereocenters. The van der Waals surface area contributed by atoms with Gasteiger partial charge in [-0.15, -0.1) is 10.2 Å². The van der Waals surface area contributed by atoms with Gasteiger partial charge in [0.15, 0.2) is 6.04 Å². The third kappa shape index (κ3) is 3.75. The molecular formula is C14H19ClN3OS+. The first-order valence-corrected chi connectivity index (χ1v) is 8.00. The minimum Gasteiger partial charge on any atom is -0.410 e. The van der Waals surface area contributed by atoms with Crippen LogP contribution in [0, 0.1) is 5.92 Å². The number of aromatic nitrogens is 2. The van der Waals surface area contributed by atoms with E-state index in [1.54, 1.807) is 0 Å². The minimum atomic E-state index is 0.0437. The molecule has 1 aromatic carbocycles. The molecule has 0 bridgehead atoms. The van der Waals surface area contributed by atoms with Gasteiger partial charge < -0.3 is 10.2 Å². The van der Waals surface area contributed by atoms with Crippen molar-refractivity contribution in [1.29, 1.82) is 0 Å². The zero-order chi connectivity index (χ0) is 14.5. The number of hydrogen-bond donors (Lipinski definition) is 1. The van der Waals surface area contributed by atoms with Crippen molar-refractivity contribution in [2.75, 3.05) is 0 Å². The summed E-state index contributed by atoms with van der Waals surface area (Å²) in [6, 6.07) is 7.81. The van der Waals surface area contributed by atoms with Crippen LogP contribution >= 0.6 is 23.4 Å². The Morgan fingerprint density at radius 1 is 1.35 bits per heavy atom. The summed E-state index contributed by atoms with van der Waals surface area (Å²) >= 11 is 7.61. The molecule has 6 heteroatoms. The average molecular weight is 313 g/mol. The molecule has 108 valence electrons. The van der Waals surface area contributed by atoms with Gasteiger partial charge in [-0.3, -0.25) is 0 Å². The summed E-state index contributed by atoms with van der Waals surface area (Å²) in [5.41, 5.74) is 5.16. The Kier molecular flexibility index (Phi) is 5.46. The van der Waals surface area contributed by atoms with Gasteiger partial charge in [0.25, 0.3) is 11.1 Å². The molecule has 0 aliphatic heterocycles. The van der Waals surface area contributed by atoms with Gasteiger partial charge in [0, 0.05) is 16.7 Å². The van der Waals surface area contributed by atoms with Crippen LogP contribution in [-0.4, -0.2) is 10.2 Å². The number of halogens is 1. The van der Waals surface area contributed by atoms with E-state index in [-0.39, 0.29) is 6.04 Å². The lowest BCUT2D eigenvalue weighted by Gasteiger charge is -2.09. The van der Waals surface area contributed by atoms with Crippen molar-refractivity contribution in [3.05, 3.63) is 40.7 Å². The zero-order valence-corrected chi connectivity index (χ0v) is 13.2. The van der Waals surface area contributed by atoms with E-state index >= 15 is 0 Å². The smallest absolute Gasteiger partial charge is 0.277 e. The molecule has 0 aliphatic carbocycles. The number of thioether (sulfide) groups is 1. The molecule has 0 saturated carbocycles. The summed E-state index contributed by atoms with van der Waals surface area (Å²) < 4.78 is 5.67. The molecular weight excluding hydrogens is 294 g/mol. The number of quaternary nitrogens is 1. The van der Waals surface area contributed by atoms with E-state index in [4.69, 9.17) is 16.0 Å². The van der Waals surface area contributed by atoms with Crippen LogP contribution in [-0.2, 0) is 5.75 Å². The Balaban J connectivity index is 1.98. The van der Waals surface area contributed by atoms with E-state index < -0.39 is 0 Å². The van der Waals surface area contributed by atoms with E-state index in [0.29, 0.717) is 22.8 Å². The average Bonchev–Trinajstić information content (AvgIpc) is 2.93. The third-order valence-electron chi connectivity index (χ3n) is 3.38. The van der Waals surface area contributed by atoms with Crippen LogP contribution in [0.1, 0.15) is 37.8 Å². The van der Waals surface area contributed by atoms with Crippen molar-refractivity contribution in [3.8, 4) is 0 Å². The van der Waals surface area contributed by atoms with Crippen LogP contribution in [0.3, 0.4) is 0 Å². The van der Waals surface area contributed by atoms with Crippen LogP contribution in [0.4, 0.5) is 0 Å². The van der Waals surface area contributed by atoms with Gasteiger partial charge >= 0.3 is 0 Å². The maximum absolute atomic E-state index is 6.12. The molecule has 3 N–H and O–H groups in total. The van der Waals surface area contributed by atoms with Crippen LogP contribution in [0.25, 0.3) is 0 Å². The quantitative estimate of drug-likeness (QED) is 0.831. The maximum atomic E-state index is 6.12. The first-order chi connectivity index (χ1) is 9.61. The molecule has 2 rings (SSSR count). The van der Waals surface area contributed by atoms with Crippen LogP contribution in [0.5, 0.6) is 0 Å². The van der Waals surface area contributed by atoms with Crippen molar-refractivity contribution in [3.63, 3.8) is 0 Å². The van der Waals surface area contributed by atoms with Crippen LogP contribution in [0.2, 0.25) is 5.02 Å². The van der Waals surface area contributed by atoms with Crippen LogP contribution in [0.15, 0.2) is 33.9 Å². The molecule has 0 saturated heterocycles. The predicted molar refractivity (Wildman–Crippen MR) is 80.4 cm³/mol. The topological polar surface area (TPSA) is 66.6 Å². The molecule has 0 radical (unpaired) electrons. The normalized spacial score (nSPS) is 14.2. The summed E-state index contributed by atoms with van der Waals surface area (Å²) in [5, 5.41) is 9.47. The Morgan fingerprint density at radius 3 is 2.80 bits per heavy atom.